The van der Waals surface area contributed by atoms with Crippen molar-refractivity contribution < 1.29 is 9.53 Å². The van der Waals surface area contributed by atoms with Gasteiger partial charge in [-0.05, 0) is 60.4 Å². The number of aryl methyl sites for hydroxylation is 1. The summed E-state index contributed by atoms with van der Waals surface area (Å²) in [6, 6.07) is 23.8. The van der Waals surface area contributed by atoms with Gasteiger partial charge in [0.05, 0.1) is 17.6 Å². The second-order valence-electron chi connectivity index (χ2n) is 8.58. The Balaban J connectivity index is 1.38. The van der Waals surface area contributed by atoms with Crippen molar-refractivity contribution in [1.82, 2.24) is 14.9 Å². The van der Waals surface area contributed by atoms with Crippen molar-refractivity contribution in [2.24, 2.45) is 0 Å². The van der Waals surface area contributed by atoms with Crippen molar-refractivity contribution in [1.29, 1.82) is 0 Å². The van der Waals surface area contributed by atoms with Gasteiger partial charge in [-0.1, -0.05) is 60.1 Å². The number of aromatic nitrogens is 2. The van der Waals surface area contributed by atoms with E-state index >= 15 is 0 Å². The van der Waals surface area contributed by atoms with Crippen molar-refractivity contribution in [2.75, 3.05) is 13.2 Å². The van der Waals surface area contributed by atoms with Crippen LogP contribution in [0.1, 0.15) is 47.9 Å². The van der Waals surface area contributed by atoms with E-state index in [1.165, 1.54) is 5.56 Å². The van der Waals surface area contributed by atoms with Gasteiger partial charge in [0.2, 0.25) is 0 Å². The first-order valence-corrected chi connectivity index (χ1v) is 12.5. The third-order valence-electron chi connectivity index (χ3n) is 5.82. The molecule has 3 aromatic carbocycles. The van der Waals surface area contributed by atoms with Crippen LogP contribution in [0.25, 0.3) is 11.0 Å². The molecule has 1 aromatic heterocycles. The van der Waals surface area contributed by atoms with E-state index in [9.17, 15) is 4.79 Å². The lowest BCUT2D eigenvalue weighted by molar-refractivity contribution is 0.0953. The summed E-state index contributed by atoms with van der Waals surface area (Å²) in [5, 5.41) is 3.01. The molecule has 0 saturated heterocycles. The van der Waals surface area contributed by atoms with Crippen LogP contribution in [0.2, 0.25) is 0 Å². The lowest BCUT2D eigenvalue weighted by atomic mass is 10.0. The number of nitrogens with zero attached hydrogens (tertiary/aromatic N) is 2. The lowest BCUT2D eigenvalue weighted by Crippen LogP contribution is -2.25. The summed E-state index contributed by atoms with van der Waals surface area (Å²) in [5.74, 6) is 2.31. The highest BCUT2D eigenvalue weighted by atomic mass is 79.9. The minimum absolute atomic E-state index is 0.0572. The maximum absolute atomic E-state index is 12.4. The topological polar surface area (TPSA) is 56.1 Å². The number of carbonyl (C=O) groups is 1. The predicted octanol–water partition coefficient (Wildman–Crippen LogP) is 6.36. The molecule has 4 aromatic rings. The Bertz CT molecular complexity index is 1250. The summed E-state index contributed by atoms with van der Waals surface area (Å²) in [6.07, 6.45) is 1.58. The van der Waals surface area contributed by atoms with E-state index < -0.39 is 0 Å². The number of hydrogen-bond donors (Lipinski definition) is 1. The SMILES string of the molecule is CC(C)c1ccccc1OCCn1c(CCCNC(=O)c2ccc(Br)cc2)nc2ccccc21. The molecule has 0 saturated carbocycles. The Morgan fingerprint density at radius 2 is 1.76 bits per heavy atom. The molecule has 0 unspecified atom stereocenters. The van der Waals surface area contributed by atoms with E-state index in [4.69, 9.17) is 9.72 Å². The van der Waals surface area contributed by atoms with E-state index in [1.54, 1.807) is 0 Å². The second kappa shape index (κ2) is 11.3. The third-order valence-corrected chi connectivity index (χ3v) is 6.34. The van der Waals surface area contributed by atoms with E-state index in [0.29, 0.717) is 31.2 Å². The summed E-state index contributed by atoms with van der Waals surface area (Å²) >= 11 is 3.40. The summed E-state index contributed by atoms with van der Waals surface area (Å²) in [7, 11) is 0. The number of amides is 1. The molecule has 4 rings (SSSR count). The molecule has 1 heterocycles. The number of benzene rings is 3. The van der Waals surface area contributed by atoms with Crippen molar-refractivity contribution in [3.63, 3.8) is 0 Å². The number of rotatable bonds is 10. The monoisotopic (exact) mass is 519 g/mol. The maximum Gasteiger partial charge on any atom is 0.251 e. The van der Waals surface area contributed by atoms with Crippen molar-refractivity contribution >= 4 is 32.9 Å². The molecule has 5 nitrogen and oxygen atoms in total. The van der Waals surface area contributed by atoms with Crippen LogP contribution in [-0.4, -0.2) is 28.6 Å². The van der Waals surface area contributed by atoms with Crippen LogP contribution >= 0.6 is 15.9 Å². The molecule has 0 aliphatic heterocycles. The third kappa shape index (κ3) is 5.86. The van der Waals surface area contributed by atoms with Gasteiger partial charge in [-0.25, -0.2) is 4.98 Å². The van der Waals surface area contributed by atoms with Gasteiger partial charge in [-0.15, -0.1) is 0 Å². The minimum atomic E-state index is -0.0572. The molecule has 1 N–H and O–H groups in total. The fourth-order valence-corrected chi connectivity index (χ4v) is 4.32. The fourth-order valence-electron chi connectivity index (χ4n) is 4.05. The average Bonchev–Trinajstić information content (AvgIpc) is 3.19. The molecule has 0 aliphatic carbocycles. The van der Waals surface area contributed by atoms with E-state index in [2.05, 4.69) is 57.9 Å². The van der Waals surface area contributed by atoms with Crippen molar-refractivity contribution in [3.05, 3.63) is 94.2 Å². The molecule has 0 atom stereocenters. The zero-order valence-corrected chi connectivity index (χ0v) is 21.2. The number of hydrogen-bond acceptors (Lipinski definition) is 3. The largest absolute Gasteiger partial charge is 0.491 e. The van der Waals surface area contributed by atoms with E-state index in [1.807, 2.05) is 54.6 Å². The van der Waals surface area contributed by atoms with Crippen LogP contribution in [-0.2, 0) is 13.0 Å². The van der Waals surface area contributed by atoms with Crippen LogP contribution in [0.3, 0.4) is 0 Å². The Kier molecular flexibility index (Phi) is 8.01. The first-order chi connectivity index (χ1) is 16.5. The summed E-state index contributed by atoms with van der Waals surface area (Å²) in [5.41, 5.74) is 3.98. The number of carbonyl (C=O) groups excluding carboxylic acids is 1. The molecule has 0 bridgehead atoms. The first-order valence-electron chi connectivity index (χ1n) is 11.7. The number of para-hydroxylation sites is 3. The van der Waals surface area contributed by atoms with E-state index in [0.717, 1.165) is 39.9 Å². The highest BCUT2D eigenvalue weighted by molar-refractivity contribution is 9.10. The molecule has 6 heteroatoms. The Hall–Kier alpha value is -3.12. The van der Waals surface area contributed by atoms with Gasteiger partial charge in [0.25, 0.3) is 5.91 Å². The summed E-state index contributed by atoms with van der Waals surface area (Å²) < 4.78 is 9.38. The Morgan fingerprint density at radius 1 is 1.03 bits per heavy atom. The maximum atomic E-state index is 12.4. The van der Waals surface area contributed by atoms with Gasteiger partial charge in [0, 0.05) is 23.0 Å². The quantitative estimate of drug-likeness (QED) is 0.248. The van der Waals surface area contributed by atoms with Crippen LogP contribution in [0, 0.1) is 0 Å². The summed E-state index contributed by atoms with van der Waals surface area (Å²) in [4.78, 5) is 17.2. The zero-order chi connectivity index (χ0) is 23.9. The van der Waals surface area contributed by atoms with Gasteiger partial charge < -0.3 is 14.6 Å². The van der Waals surface area contributed by atoms with Crippen molar-refractivity contribution in [2.45, 2.75) is 39.2 Å². The molecule has 1 amide bonds. The normalized spacial score (nSPS) is 11.2. The predicted molar refractivity (Wildman–Crippen MR) is 141 cm³/mol. The Morgan fingerprint density at radius 3 is 2.56 bits per heavy atom. The van der Waals surface area contributed by atoms with Gasteiger partial charge in [-0.3, -0.25) is 4.79 Å². The Labute approximate surface area is 209 Å². The number of imidazole rings is 1. The molecule has 0 spiro atoms. The molecular weight excluding hydrogens is 490 g/mol. The van der Waals surface area contributed by atoms with Crippen LogP contribution in [0.4, 0.5) is 0 Å². The second-order valence-corrected chi connectivity index (χ2v) is 9.49. The zero-order valence-electron chi connectivity index (χ0n) is 19.6. The van der Waals surface area contributed by atoms with E-state index in [-0.39, 0.29) is 5.91 Å². The van der Waals surface area contributed by atoms with Crippen molar-refractivity contribution in [3.8, 4) is 5.75 Å². The minimum Gasteiger partial charge on any atom is -0.491 e. The molecule has 0 fully saturated rings. The van der Waals surface area contributed by atoms with Crippen LogP contribution in [0.5, 0.6) is 5.75 Å². The van der Waals surface area contributed by atoms with Crippen LogP contribution < -0.4 is 10.1 Å². The molecule has 176 valence electrons. The standard InChI is InChI=1S/C28H30BrN3O2/c1-20(2)23-8-3-6-11-26(23)34-19-18-32-25-10-5-4-9-24(25)31-27(32)12-7-17-30-28(33)21-13-15-22(29)16-14-21/h3-6,8-11,13-16,20H,7,12,17-19H2,1-2H3,(H,30,33). The number of nitrogens with one attached hydrogen (secondary N) is 1. The molecule has 0 aliphatic rings. The number of ether oxygens (including phenoxy) is 1. The fraction of sp³-hybridized carbons (Fsp3) is 0.286. The molecular formula is C28H30BrN3O2. The average molecular weight is 520 g/mol. The number of halogens is 1. The van der Waals surface area contributed by atoms with Crippen LogP contribution in [0.15, 0.2) is 77.3 Å². The van der Waals surface area contributed by atoms with Gasteiger partial charge >= 0.3 is 0 Å². The number of fused-ring (bicyclic) bond motifs is 1. The van der Waals surface area contributed by atoms with Gasteiger partial charge in [0.1, 0.15) is 18.2 Å². The van der Waals surface area contributed by atoms with Gasteiger partial charge in [0.15, 0.2) is 0 Å². The lowest BCUT2D eigenvalue weighted by Gasteiger charge is -2.15. The molecule has 0 radical (unpaired) electrons. The highest BCUT2D eigenvalue weighted by Gasteiger charge is 2.12. The summed E-state index contributed by atoms with van der Waals surface area (Å²) in [6.45, 7) is 6.24. The van der Waals surface area contributed by atoms with Gasteiger partial charge in [-0.2, -0.15) is 0 Å². The smallest absolute Gasteiger partial charge is 0.251 e. The highest BCUT2D eigenvalue weighted by Crippen LogP contribution is 2.26. The molecule has 34 heavy (non-hydrogen) atoms. The first kappa shape index (κ1) is 24.0.